The Balaban J connectivity index is 1.91. The third-order valence-corrected chi connectivity index (χ3v) is 4.87. The van der Waals surface area contributed by atoms with E-state index in [4.69, 9.17) is 5.73 Å². The molecule has 142 valence electrons. The molecular formula is C20H27N6O+. The summed E-state index contributed by atoms with van der Waals surface area (Å²) in [5.41, 5.74) is 10.0. The van der Waals surface area contributed by atoms with Crippen LogP contribution in [0.25, 0.3) is 11.0 Å². The molecule has 0 fully saturated rings. The third-order valence-electron chi connectivity index (χ3n) is 4.87. The molecule has 3 rings (SSSR count). The van der Waals surface area contributed by atoms with Crippen molar-refractivity contribution in [3.63, 3.8) is 0 Å². The second-order valence-electron chi connectivity index (χ2n) is 6.42. The number of aromatic nitrogens is 4. The molecule has 0 aliphatic rings. The monoisotopic (exact) mass is 367 g/mol. The van der Waals surface area contributed by atoms with Gasteiger partial charge in [-0.05, 0) is 39.3 Å². The Morgan fingerprint density at radius 2 is 1.96 bits per heavy atom. The zero-order valence-electron chi connectivity index (χ0n) is 16.4. The van der Waals surface area contributed by atoms with Gasteiger partial charge in [0.05, 0.1) is 24.5 Å². The number of benzene rings is 1. The summed E-state index contributed by atoms with van der Waals surface area (Å²) >= 11 is 0. The summed E-state index contributed by atoms with van der Waals surface area (Å²) in [5, 5.41) is 2.97. The molecule has 1 aromatic carbocycles. The van der Waals surface area contributed by atoms with Crippen molar-refractivity contribution in [1.82, 2.24) is 19.9 Å². The number of anilines is 1. The van der Waals surface area contributed by atoms with Crippen LogP contribution in [-0.4, -0.2) is 20.4 Å². The third kappa shape index (κ3) is 3.37. The van der Waals surface area contributed by atoms with Crippen molar-refractivity contribution in [3.8, 4) is 0 Å². The van der Waals surface area contributed by atoms with Gasteiger partial charge in [-0.15, -0.1) is 0 Å². The Morgan fingerprint density at radius 1 is 1.22 bits per heavy atom. The summed E-state index contributed by atoms with van der Waals surface area (Å²) in [6, 6.07) is 8.27. The summed E-state index contributed by atoms with van der Waals surface area (Å²) in [6.07, 6.45) is 0.734. The van der Waals surface area contributed by atoms with Crippen LogP contribution < -0.4 is 15.6 Å². The molecule has 2 aromatic heterocycles. The number of amides is 1. The SMILES string of the molecule is CCc1nc(N)c(C(=O)NCc2n(CC)c3ccccc3[n+]2CC)nc1C. The van der Waals surface area contributed by atoms with E-state index in [1.54, 1.807) is 0 Å². The molecule has 0 bridgehead atoms. The van der Waals surface area contributed by atoms with Crippen LogP contribution in [0.3, 0.4) is 0 Å². The van der Waals surface area contributed by atoms with Gasteiger partial charge in [0.25, 0.3) is 11.7 Å². The molecule has 0 saturated heterocycles. The van der Waals surface area contributed by atoms with E-state index in [1.165, 1.54) is 0 Å². The van der Waals surface area contributed by atoms with Crippen LogP contribution in [0.1, 0.15) is 48.5 Å². The standard InChI is InChI=1S/C20H26N6O/c1-5-14-13(4)23-18(19(21)24-14)20(27)22-12-17-25(6-2)15-10-8-9-11-16(15)26(17)7-3/h8-11H,5-7,12H2,1-4H3,(H2-,21,22,24,27)/p+1. The highest BCUT2D eigenvalue weighted by molar-refractivity contribution is 5.96. The van der Waals surface area contributed by atoms with Gasteiger partial charge in [-0.25, -0.2) is 19.1 Å². The van der Waals surface area contributed by atoms with E-state index in [9.17, 15) is 4.79 Å². The molecule has 0 unspecified atom stereocenters. The largest absolute Gasteiger partial charge is 0.382 e. The Kier molecular flexibility index (Phi) is 5.39. The first-order chi connectivity index (χ1) is 13.0. The van der Waals surface area contributed by atoms with Gasteiger partial charge < -0.3 is 11.1 Å². The van der Waals surface area contributed by atoms with Crippen LogP contribution in [0.4, 0.5) is 5.82 Å². The average molecular weight is 367 g/mol. The minimum absolute atomic E-state index is 0.175. The lowest BCUT2D eigenvalue weighted by atomic mass is 10.2. The molecule has 3 aromatic rings. The fraction of sp³-hybridized carbons (Fsp3) is 0.400. The van der Waals surface area contributed by atoms with E-state index in [1.807, 2.05) is 26.0 Å². The number of fused-ring (bicyclic) bond motifs is 1. The molecule has 2 heterocycles. The summed E-state index contributed by atoms with van der Waals surface area (Å²) in [5.74, 6) is 0.915. The number of aryl methyl sites for hydroxylation is 4. The Morgan fingerprint density at radius 3 is 2.63 bits per heavy atom. The zero-order valence-corrected chi connectivity index (χ0v) is 16.4. The normalized spacial score (nSPS) is 11.1. The Hall–Kier alpha value is -2.96. The highest BCUT2D eigenvalue weighted by Crippen LogP contribution is 2.15. The number of nitrogen functional groups attached to an aromatic ring is 1. The number of para-hydroxylation sites is 2. The first-order valence-electron chi connectivity index (χ1n) is 9.42. The predicted octanol–water partition coefficient (Wildman–Crippen LogP) is 2.14. The minimum Gasteiger partial charge on any atom is -0.382 e. The van der Waals surface area contributed by atoms with Crippen molar-refractivity contribution >= 4 is 22.8 Å². The van der Waals surface area contributed by atoms with Gasteiger partial charge in [0.15, 0.2) is 22.5 Å². The molecular weight excluding hydrogens is 340 g/mol. The number of imidazole rings is 1. The number of carbonyl (C=O) groups is 1. The van der Waals surface area contributed by atoms with E-state index >= 15 is 0 Å². The maximum Gasteiger partial charge on any atom is 0.277 e. The van der Waals surface area contributed by atoms with Gasteiger partial charge >= 0.3 is 0 Å². The van der Waals surface area contributed by atoms with Crippen LogP contribution in [0.5, 0.6) is 0 Å². The molecule has 3 N–H and O–H groups in total. The highest BCUT2D eigenvalue weighted by Gasteiger charge is 2.24. The van der Waals surface area contributed by atoms with E-state index in [2.05, 4.69) is 50.4 Å². The number of hydrogen-bond acceptors (Lipinski definition) is 4. The lowest BCUT2D eigenvalue weighted by molar-refractivity contribution is -0.676. The molecule has 0 aliphatic heterocycles. The summed E-state index contributed by atoms with van der Waals surface area (Å²) in [6.45, 7) is 10.1. The van der Waals surface area contributed by atoms with Crippen molar-refractivity contribution in [1.29, 1.82) is 0 Å². The van der Waals surface area contributed by atoms with Crippen LogP contribution in [0.2, 0.25) is 0 Å². The van der Waals surface area contributed by atoms with Gasteiger partial charge in [-0.3, -0.25) is 4.79 Å². The minimum atomic E-state index is -0.304. The zero-order chi connectivity index (χ0) is 19.6. The topological polar surface area (TPSA) is 89.7 Å². The quantitative estimate of drug-likeness (QED) is 0.653. The second-order valence-corrected chi connectivity index (χ2v) is 6.42. The number of nitrogens with zero attached hydrogens (tertiary/aromatic N) is 4. The van der Waals surface area contributed by atoms with Crippen molar-refractivity contribution < 1.29 is 9.36 Å². The molecule has 0 aliphatic carbocycles. The summed E-state index contributed by atoms with van der Waals surface area (Å²) in [4.78, 5) is 21.4. The number of carbonyl (C=O) groups excluding carboxylic acids is 1. The molecule has 7 heteroatoms. The lowest BCUT2D eigenvalue weighted by Gasteiger charge is -2.09. The average Bonchev–Trinajstić information content (AvgIpc) is 2.99. The molecule has 1 amide bonds. The first-order valence-corrected chi connectivity index (χ1v) is 9.42. The van der Waals surface area contributed by atoms with Gasteiger partial charge in [0, 0.05) is 0 Å². The number of rotatable bonds is 6. The maximum atomic E-state index is 12.7. The highest BCUT2D eigenvalue weighted by atomic mass is 16.1. The second kappa shape index (κ2) is 7.73. The number of nitrogens with one attached hydrogen (secondary N) is 1. The van der Waals surface area contributed by atoms with E-state index in [0.29, 0.717) is 6.54 Å². The van der Waals surface area contributed by atoms with Gasteiger partial charge in [-0.1, -0.05) is 19.1 Å². The van der Waals surface area contributed by atoms with Gasteiger partial charge in [-0.2, -0.15) is 0 Å². The van der Waals surface area contributed by atoms with Crippen molar-refractivity contribution in [2.75, 3.05) is 5.73 Å². The fourth-order valence-corrected chi connectivity index (χ4v) is 3.55. The number of hydrogen-bond donors (Lipinski definition) is 2. The molecule has 0 atom stereocenters. The number of nitrogens with two attached hydrogens (primary N) is 1. The Bertz CT molecular complexity index is 951. The van der Waals surface area contributed by atoms with Crippen LogP contribution in [0.15, 0.2) is 24.3 Å². The van der Waals surface area contributed by atoms with Gasteiger partial charge in [0.1, 0.15) is 6.54 Å². The molecule has 0 saturated carbocycles. The van der Waals surface area contributed by atoms with Crippen LogP contribution in [0, 0.1) is 6.92 Å². The van der Waals surface area contributed by atoms with E-state index in [0.717, 1.165) is 47.8 Å². The molecule has 7 nitrogen and oxygen atoms in total. The van der Waals surface area contributed by atoms with Crippen molar-refractivity contribution in [2.24, 2.45) is 0 Å². The van der Waals surface area contributed by atoms with E-state index < -0.39 is 0 Å². The van der Waals surface area contributed by atoms with Gasteiger partial charge in [0.2, 0.25) is 0 Å². The fourth-order valence-electron chi connectivity index (χ4n) is 3.55. The van der Waals surface area contributed by atoms with Crippen LogP contribution in [-0.2, 0) is 26.1 Å². The summed E-state index contributed by atoms with van der Waals surface area (Å²) in [7, 11) is 0. The van der Waals surface area contributed by atoms with Crippen molar-refractivity contribution in [3.05, 3.63) is 47.2 Å². The summed E-state index contributed by atoms with van der Waals surface area (Å²) < 4.78 is 4.44. The molecule has 0 spiro atoms. The smallest absolute Gasteiger partial charge is 0.277 e. The molecule has 27 heavy (non-hydrogen) atoms. The Labute approximate surface area is 159 Å². The molecule has 0 radical (unpaired) electrons. The maximum absolute atomic E-state index is 12.7. The first kappa shape index (κ1) is 18.8. The van der Waals surface area contributed by atoms with E-state index in [-0.39, 0.29) is 17.4 Å². The lowest BCUT2D eigenvalue weighted by Crippen LogP contribution is -2.40. The van der Waals surface area contributed by atoms with Crippen molar-refractivity contribution in [2.45, 2.75) is 53.8 Å². The predicted molar refractivity (Wildman–Crippen MR) is 105 cm³/mol. The van der Waals surface area contributed by atoms with Crippen LogP contribution >= 0.6 is 0 Å².